The van der Waals surface area contributed by atoms with Gasteiger partial charge < -0.3 is 0 Å². The molecular weight excluding hydrogens is 602 g/mol. The minimum Gasteiger partial charge on any atom is -0.292 e. The number of rotatable bonds is 7. The number of benzene rings is 4. The van der Waals surface area contributed by atoms with E-state index in [2.05, 4.69) is 0 Å². The number of imide groups is 1. The van der Waals surface area contributed by atoms with Crippen LogP contribution in [0.4, 0.5) is 4.39 Å². The first-order valence-corrected chi connectivity index (χ1v) is 15.2. The first-order chi connectivity index (χ1) is 21.3. The standard InChI is InChI=1S/C35H25Cl2FN2O4/c36-18-17-27(32(41)19-11-15-22(38)16-12-19)39(33(42)20-9-13-21(37)14-10-20)40-34(43)30-28-23-5-1-2-6-24(23)29(31(30)35(40)44)26-8-4-3-7-25(26)28/h1-16,27-31H,17-18H2/t27-,28?,29?,30-,31-/m0/s1. The van der Waals surface area contributed by atoms with Gasteiger partial charge in [0, 0.05) is 33.9 Å². The predicted molar refractivity (Wildman–Crippen MR) is 163 cm³/mol. The van der Waals surface area contributed by atoms with Crippen molar-refractivity contribution in [3.05, 3.63) is 141 Å². The van der Waals surface area contributed by atoms with Crippen LogP contribution in [-0.4, -0.2) is 45.4 Å². The van der Waals surface area contributed by atoms with Gasteiger partial charge in [0.15, 0.2) is 5.78 Å². The summed E-state index contributed by atoms with van der Waals surface area (Å²) in [6.07, 6.45) is -0.0587. The van der Waals surface area contributed by atoms with Gasteiger partial charge in [-0.05, 0) is 77.2 Å². The fourth-order valence-electron chi connectivity index (χ4n) is 7.24. The van der Waals surface area contributed by atoms with Gasteiger partial charge in [0.05, 0.1) is 11.8 Å². The highest BCUT2D eigenvalue weighted by Gasteiger charge is 2.63. The summed E-state index contributed by atoms with van der Waals surface area (Å²) in [4.78, 5) is 57.6. The molecule has 4 aromatic rings. The summed E-state index contributed by atoms with van der Waals surface area (Å²) in [6.45, 7) is 0. The number of hydrogen-bond donors (Lipinski definition) is 0. The molecule has 4 aliphatic rings. The third-order valence-corrected chi connectivity index (χ3v) is 9.52. The molecular formula is C35H25Cl2FN2O4. The van der Waals surface area contributed by atoms with Crippen LogP contribution in [0.1, 0.15) is 61.2 Å². The van der Waals surface area contributed by atoms with E-state index in [0.29, 0.717) is 5.02 Å². The molecule has 3 aliphatic carbocycles. The monoisotopic (exact) mass is 626 g/mol. The average Bonchev–Trinajstić information content (AvgIpc) is 3.31. The van der Waals surface area contributed by atoms with Crippen molar-refractivity contribution in [3.63, 3.8) is 0 Å². The van der Waals surface area contributed by atoms with Crippen molar-refractivity contribution in [2.75, 3.05) is 5.88 Å². The zero-order chi connectivity index (χ0) is 30.7. The Kier molecular flexibility index (Phi) is 7.10. The van der Waals surface area contributed by atoms with Gasteiger partial charge in [0.1, 0.15) is 11.9 Å². The molecule has 1 heterocycles. The Balaban J connectivity index is 1.38. The molecule has 0 aromatic heterocycles. The summed E-state index contributed by atoms with van der Waals surface area (Å²) < 4.78 is 13.8. The van der Waals surface area contributed by atoms with E-state index < -0.39 is 59.0 Å². The van der Waals surface area contributed by atoms with E-state index in [9.17, 15) is 23.6 Å². The van der Waals surface area contributed by atoms with Crippen LogP contribution in [0.2, 0.25) is 5.02 Å². The lowest BCUT2D eigenvalue weighted by Gasteiger charge is -2.45. The molecule has 1 fully saturated rings. The highest BCUT2D eigenvalue weighted by molar-refractivity contribution is 6.30. The minimum absolute atomic E-state index is 0.0484. The number of nitrogens with zero attached hydrogens (tertiary/aromatic N) is 2. The summed E-state index contributed by atoms with van der Waals surface area (Å²) in [5, 5.41) is 2.26. The third kappa shape index (κ3) is 4.29. The second-order valence-corrected chi connectivity index (χ2v) is 12.1. The number of carbonyl (C=O) groups is 4. The maximum atomic E-state index is 14.6. The van der Waals surface area contributed by atoms with Crippen molar-refractivity contribution in [3.8, 4) is 0 Å². The number of hydrogen-bond acceptors (Lipinski definition) is 4. The Morgan fingerprint density at radius 1 is 0.727 bits per heavy atom. The fraction of sp³-hybridized carbons (Fsp3) is 0.200. The SMILES string of the molecule is O=C(c1ccc(F)cc1)[C@H](CCCl)N(C(=O)c1ccc(Cl)cc1)N1C(=O)[C@H]2C3c4ccccc4C(c4ccccc43)[C@@H]2C1=O. The van der Waals surface area contributed by atoms with Crippen molar-refractivity contribution in [2.24, 2.45) is 11.8 Å². The van der Waals surface area contributed by atoms with Crippen LogP contribution >= 0.6 is 23.2 Å². The van der Waals surface area contributed by atoms with Gasteiger partial charge in [-0.2, -0.15) is 5.01 Å². The maximum absolute atomic E-state index is 14.6. The Morgan fingerprint density at radius 2 is 1.18 bits per heavy atom. The molecule has 0 unspecified atom stereocenters. The molecule has 0 radical (unpaired) electrons. The molecule has 8 rings (SSSR count). The number of halogens is 3. The van der Waals surface area contributed by atoms with E-state index in [-0.39, 0.29) is 23.4 Å². The van der Waals surface area contributed by atoms with Gasteiger partial charge in [0.25, 0.3) is 17.7 Å². The number of Topliss-reactive ketones (excluding diaryl/α,β-unsaturated/α-hetero) is 1. The van der Waals surface area contributed by atoms with Crippen LogP contribution in [0.3, 0.4) is 0 Å². The average molecular weight is 627 g/mol. The molecule has 0 N–H and O–H groups in total. The van der Waals surface area contributed by atoms with E-state index in [1.807, 2.05) is 48.5 Å². The Labute approximate surface area is 263 Å². The predicted octanol–water partition coefficient (Wildman–Crippen LogP) is 6.61. The zero-order valence-electron chi connectivity index (χ0n) is 23.2. The highest BCUT2D eigenvalue weighted by atomic mass is 35.5. The Bertz CT molecular complexity index is 1710. The van der Waals surface area contributed by atoms with E-state index in [1.54, 1.807) is 0 Å². The van der Waals surface area contributed by atoms with Crippen molar-refractivity contribution < 1.29 is 23.6 Å². The summed E-state index contributed by atoms with van der Waals surface area (Å²) >= 11 is 12.3. The van der Waals surface area contributed by atoms with Crippen LogP contribution in [0, 0.1) is 17.7 Å². The first-order valence-electron chi connectivity index (χ1n) is 14.3. The van der Waals surface area contributed by atoms with E-state index in [0.717, 1.165) is 44.4 Å². The number of ketones is 1. The maximum Gasteiger partial charge on any atom is 0.273 e. The summed E-state index contributed by atoms with van der Waals surface area (Å²) in [7, 11) is 0. The number of amides is 3. The van der Waals surface area contributed by atoms with Crippen LogP contribution in [0.5, 0.6) is 0 Å². The number of alkyl halides is 1. The molecule has 0 saturated carbocycles. The van der Waals surface area contributed by atoms with Gasteiger partial charge in [0.2, 0.25) is 0 Å². The smallest absolute Gasteiger partial charge is 0.273 e. The molecule has 9 heteroatoms. The second kappa shape index (κ2) is 11.0. The van der Waals surface area contributed by atoms with Crippen molar-refractivity contribution in [1.82, 2.24) is 10.0 Å². The Hall–Kier alpha value is -4.33. The van der Waals surface area contributed by atoms with Crippen LogP contribution in [0.25, 0.3) is 0 Å². The van der Waals surface area contributed by atoms with Gasteiger partial charge in [-0.1, -0.05) is 60.1 Å². The molecule has 1 aliphatic heterocycles. The van der Waals surface area contributed by atoms with E-state index in [4.69, 9.17) is 23.2 Å². The highest BCUT2D eigenvalue weighted by Crippen LogP contribution is 2.61. The third-order valence-electron chi connectivity index (χ3n) is 9.05. The van der Waals surface area contributed by atoms with Crippen LogP contribution in [0.15, 0.2) is 97.1 Å². The lowest BCUT2D eigenvalue weighted by molar-refractivity contribution is -0.156. The number of carbonyl (C=O) groups excluding carboxylic acids is 4. The van der Waals surface area contributed by atoms with Gasteiger partial charge in [-0.3, -0.25) is 19.2 Å². The molecule has 44 heavy (non-hydrogen) atoms. The first kappa shape index (κ1) is 28.4. The van der Waals surface area contributed by atoms with E-state index in [1.165, 1.54) is 36.4 Å². The lowest BCUT2D eigenvalue weighted by Crippen LogP contribution is -2.57. The number of hydrazine groups is 1. The van der Waals surface area contributed by atoms with Crippen LogP contribution < -0.4 is 0 Å². The molecule has 3 atom stereocenters. The lowest BCUT2D eigenvalue weighted by atomic mass is 9.55. The van der Waals surface area contributed by atoms with E-state index >= 15 is 0 Å². The summed E-state index contributed by atoms with van der Waals surface area (Å²) in [6, 6.07) is 25.2. The largest absolute Gasteiger partial charge is 0.292 e. The summed E-state index contributed by atoms with van der Waals surface area (Å²) in [5.41, 5.74) is 4.18. The van der Waals surface area contributed by atoms with Gasteiger partial charge in [-0.15, -0.1) is 11.6 Å². The Morgan fingerprint density at radius 3 is 1.64 bits per heavy atom. The normalized spacial score (nSPS) is 21.8. The molecule has 3 amide bonds. The quantitative estimate of drug-likeness (QED) is 0.131. The van der Waals surface area contributed by atoms with Crippen molar-refractivity contribution >= 4 is 46.7 Å². The fourth-order valence-corrected chi connectivity index (χ4v) is 7.58. The molecule has 6 nitrogen and oxygen atoms in total. The minimum atomic E-state index is -1.32. The zero-order valence-corrected chi connectivity index (χ0v) is 24.7. The van der Waals surface area contributed by atoms with Crippen molar-refractivity contribution in [1.29, 1.82) is 0 Å². The molecule has 0 spiro atoms. The van der Waals surface area contributed by atoms with Gasteiger partial charge in [-0.25, -0.2) is 9.40 Å². The summed E-state index contributed by atoms with van der Waals surface area (Å²) in [5.74, 6) is -5.31. The molecule has 220 valence electrons. The van der Waals surface area contributed by atoms with Gasteiger partial charge >= 0.3 is 0 Å². The topological polar surface area (TPSA) is 74.8 Å². The molecule has 1 saturated heterocycles. The van der Waals surface area contributed by atoms with Crippen molar-refractivity contribution in [2.45, 2.75) is 24.3 Å². The molecule has 2 bridgehead atoms. The molecule has 4 aromatic carbocycles. The second-order valence-electron chi connectivity index (χ2n) is 11.3. The van der Waals surface area contributed by atoms with Crippen LogP contribution in [-0.2, 0) is 9.59 Å².